The monoisotopic (exact) mass is 290 g/mol. The zero-order valence-corrected chi connectivity index (χ0v) is 11.2. The Balaban J connectivity index is 1.70. The molecule has 0 saturated heterocycles. The van der Waals surface area contributed by atoms with Crippen LogP contribution in [-0.4, -0.2) is 5.16 Å². The quantitative estimate of drug-likeness (QED) is 0.582. The maximum Gasteiger partial charge on any atom is 0.202 e. The van der Waals surface area contributed by atoms with Crippen molar-refractivity contribution < 1.29 is 13.3 Å². The molecule has 2 heterocycles. The highest BCUT2D eigenvalue weighted by molar-refractivity contribution is 7.98. The van der Waals surface area contributed by atoms with Gasteiger partial charge in [-0.1, -0.05) is 5.16 Å². The van der Waals surface area contributed by atoms with Crippen LogP contribution in [0.25, 0.3) is 11.5 Å². The van der Waals surface area contributed by atoms with Gasteiger partial charge in [0, 0.05) is 22.4 Å². The number of thioether (sulfide) groups is 1. The molecule has 4 nitrogen and oxygen atoms in total. The molecule has 0 unspecified atom stereocenters. The molecule has 0 radical (unpaired) electrons. The van der Waals surface area contributed by atoms with Crippen molar-refractivity contribution in [2.75, 3.05) is 5.73 Å². The highest BCUT2D eigenvalue weighted by atomic mass is 32.2. The minimum absolute atomic E-state index is 0.329. The van der Waals surface area contributed by atoms with Gasteiger partial charge in [0.1, 0.15) is 5.82 Å². The molecule has 6 heteroatoms. The zero-order chi connectivity index (χ0) is 13.9. The number of halogens is 1. The molecular weight excluding hydrogens is 279 g/mol. The van der Waals surface area contributed by atoms with Gasteiger partial charge in [0.2, 0.25) is 5.76 Å². The van der Waals surface area contributed by atoms with E-state index in [-0.39, 0.29) is 5.82 Å². The number of hydrogen-bond acceptors (Lipinski definition) is 5. The number of nitrogens with zero attached hydrogens (tertiary/aromatic N) is 1. The lowest BCUT2D eigenvalue weighted by Crippen LogP contribution is -1.88. The second-order valence-electron chi connectivity index (χ2n) is 4.14. The van der Waals surface area contributed by atoms with E-state index >= 15 is 0 Å². The second-order valence-corrected chi connectivity index (χ2v) is 5.16. The molecule has 0 aliphatic heterocycles. The van der Waals surface area contributed by atoms with E-state index in [0.29, 0.717) is 27.9 Å². The van der Waals surface area contributed by atoms with Crippen molar-refractivity contribution in [2.45, 2.75) is 10.6 Å². The zero-order valence-electron chi connectivity index (χ0n) is 10.4. The number of aromatic nitrogens is 1. The number of anilines is 1. The molecule has 0 aliphatic carbocycles. The van der Waals surface area contributed by atoms with Gasteiger partial charge >= 0.3 is 0 Å². The standard InChI is InChI=1S/C14H11FN2O2S/c15-11-6-9(16)3-4-14(11)20-8-10-7-13(19-17-10)12-2-1-5-18-12/h1-7H,8,16H2. The molecule has 2 N–H and O–H groups in total. The summed E-state index contributed by atoms with van der Waals surface area (Å²) in [6.07, 6.45) is 1.57. The number of nitrogens with two attached hydrogens (primary N) is 1. The van der Waals surface area contributed by atoms with Gasteiger partial charge < -0.3 is 14.7 Å². The highest BCUT2D eigenvalue weighted by Gasteiger charge is 2.10. The number of furan rings is 1. The molecule has 0 bridgehead atoms. The van der Waals surface area contributed by atoms with Crippen LogP contribution in [0.5, 0.6) is 0 Å². The molecular formula is C14H11FN2O2S. The van der Waals surface area contributed by atoms with Crippen LogP contribution in [0.4, 0.5) is 10.1 Å². The molecule has 0 spiro atoms. The molecule has 0 amide bonds. The summed E-state index contributed by atoms with van der Waals surface area (Å²) in [5.41, 5.74) is 6.64. The van der Waals surface area contributed by atoms with Crippen LogP contribution in [0.1, 0.15) is 5.69 Å². The molecule has 102 valence electrons. The van der Waals surface area contributed by atoms with E-state index < -0.39 is 0 Å². The first-order chi connectivity index (χ1) is 9.72. The van der Waals surface area contributed by atoms with E-state index in [9.17, 15) is 4.39 Å². The van der Waals surface area contributed by atoms with E-state index in [4.69, 9.17) is 14.7 Å². The van der Waals surface area contributed by atoms with Crippen molar-refractivity contribution in [3.63, 3.8) is 0 Å². The summed E-state index contributed by atoms with van der Waals surface area (Å²) in [4.78, 5) is 0.529. The van der Waals surface area contributed by atoms with E-state index in [1.165, 1.54) is 17.8 Å². The third kappa shape index (κ3) is 2.70. The maximum atomic E-state index is 13.6. The first-order valence-corrected chi connectivity index (χ1v) is 6.88. The summed E-state index contributed by atoms with van der Waals surface area (Å²) in [5.74, 6) is 1.35. The minimum Gasteiger partial charge on any atom is -0.461 e. The van der Waals surface area contributed by atoms with Crippen LogP contribution in [0.3, 0.4) is 0 Å². The number of hydrogen-bond donors (Lipinski definition) is 1. The molecule has 2 aromatic heterocycles. The lowest BCUT2D eigenvalue weighted by Gasteiger charge is -2.01. The lowest BCUT2D eigenvalue weighted by molar-refractivity contribution is 0.413. The van der Waals surface area contributed by atoms with Crippen LogP contribution in [0, 0.1) is 5.82 Å². The van der Waals surface area contributed by atoms with Crippen LogP contribution < -0.4 is 5.73 Å². The van der Waals surface area contributed by atoms with Crippen molar-refractivity contribution in [3.8, 4) is 11.5 Å². The third-order valence-electron chi connectivity index (χ3n) is 2.65. The van der Waals surface area contributed by atoms with Gasteiger partial charge in [-0.05, 0) is 30.3 Å². The Kier molecular flexibility index (Phi) is 3.47. The summed E-state index contributed by atoms with van der Waals surface area (Å²) in [7, 11) is 0. The molecule has 0 atom stereocenters. The van der Waals surface area contributed by atoms with Crippen molar-refractivity contribution in [1.29, 1.82) is 0 Å². The van der Waals surface area contributed by atoms with E-state index in [1.54, 1.807) is 36.6 Å². The average Bonchev–Trinajstić information content (AvgIpc) is 3.08. The molecule has 3 rings (SSSR count). The molecule has 20 heavy (non-hydrogen) atoms. The summed E-state index contributed by atoms with van der Waals surface area (Å²) >= 11 is 1.34. The van der Waals surface area contributed by atoms with Crippen LogP contribution in [0.15, 0.2) is 56.5 Å². The summed E-state index contributed by atoms with van der Waals surface area (Å²) in [6.45, 7) is 0. The van der Waals surface area contributed by atoms with Crippen molar-refractivity contribution in [3.05, 3.63) is 54.2 Å². The third-order valence-corrected chi connectivity index (χ3v) is 3.74. The second kappa shape index (κ2) is 5.42. The van der Waals surface area contributed by atoms with Gasteiger partial charge in [-0.3, -0.25) is 0 Å². The van der Waals surface area contributed by atoms with Crippen molar-refractivity contribution in [2.24, 2.45) is 0 Å². The predicted molar refractivity (Wildman–Crippen MR) is 74.6 cm³/mol. The van der Waals surface area contributed by atoms with E-state index in [1.807, 2.05) is 0 Å². The molecule has 1 aromatic carbocycles. The Morgan fingerprint density at radius 3 is 2.85 bits per heavy atom. The molecule has 0 fully saturated rings. The summed E-state index contributed by atoms with van der Waals surface area (Å²) in [6, 6.07) is 9.97. The fourth-order valence-electron chi connectivity index (χ4n) is 1.70. The Morgan fingerprint density at radius 2 is 2.10 bits per heavy atom. The van der Waals surface area contributed by atoms with Gasteiger partial charge in [0.25, 0.3) is 0 Å². The Bertz CT molecular complexity index is 710. The van der Waals surface area contributed by atoms with Crippen LogP contribution >= 0.6 is 11.8 Å². The first kappa shape index (κ1) is 12.8. The topological polar surface area (TPSA) is 65.2 Å². The maximum absolute atomic E-state index is 13.6. The van der Waals surface area contributed by atoms with Crippen molar-refractivity contribution >= 4 is 17.4 Å². The number of nitrogen functional groups attached to an aromatic ring is 1. The van der Waals surface area contributed by atoms with E-state index in [0.717, 1.165) is 5.69 Å². The number of rotatable bonds is 4. The van der Waals surface area contributed by atoms with Gasteiger partial charge in [-0.25, -0.2) is 4.39 Å². The molecule has 0 saturated carbocycles. The van der Waals surface area contributed by atoms with E-state index in [2.05, 4.69) is 5.16 Å². The average molecular weight is 290 g/mol. The van der Waals surface area contributed by atoms with Crippen molar-refractivity contribution in [1.82, 2.24) is 5.16 Å². The molecule has 0 aliphatic rings. The summed E-state index contributed by atoms with van der Waals surface area (Å²) < 4.78 is 24.0. The smallest absolute Gasteiger partial charge is 0.202 e. The lowest BCUT2D eigenvalue weighted by atomic mass is 10.3. The number of benzene rings is 1. The minimum atomic E-state index is -0.329. The largest absolute Gasteiger partial charge is 0.461 e. The van der Waals surface area contributed by atoms with Gasteiger partial charge in [-0.2, -0.15) is 0 Å². The highest BCUT2D eigenvalue weighted by Crippen LogP contribution is 2.28. The Morgan fingerprint density at radius 1 is 1.20 bits per heavy atom. The Labute approximate surface area is 118 Å². The Hall–Kier alpha value is -2.21. The first-order valence-electron chi connectivity index (χ1n) is 5.89. The fourth-order valence-corrected chi connectivity index (χ4v) is 2.50. The predicted octanol–water partition coefficient (Wildman–Crippen LogP) is 3.95. The van der Waals surface area contributed by atoms with Gasteiger partial charge in [0.05, 0.1) is 12.0 Å². The van der Waals surface area contributed by atoms with Gasteiger partial charge in [0.15, 0.2) is 5.76 Å². The SMILES string of the molecule is Nc1ccc(SCc2cc(-c3ccco3)on2)c(F)c1. The molecule has 3 aromatic rings. The van der Waals surface area contributed by atoms with Crippen LogP contribution in [0.2, 0.25) is 0 Å². The van der Waals surface area contributed by atoms with Crippen LogP contribution in [-0.2, 0) is 5.75 Å². The van der Waals surface area contributed by atoms with Gasteiger partial charge in [-0.15, -0.1) is 11.8 Å². The summed E-state index contributed by atoms with van der Waals surface area (Å²) in [5, 5.41) is 3.93. The fraction of sp³-hybridized carbons (Fsp3) is 0.0714. The normalized spacial score (nSPS) is 10.8.